The van der Waals surface area contributed by atoms with Crippen molar-refractivity contribution in [1.29, 1.82) is 0 Å². The van der Waals surface area contributed by atoms with Gasteiger partial charge in [0.2, 0.25) is 5.91 Å². The molecule has 0 aromatic carbocycles. The molecule has 0 unspecified atom stereocenters. The molecule has 200 valence electrons. The number of aromatic nitrogens is 4. The van der Waals surface area contributed by atoms with Gasteiger partial charge in [-0.3, -0.25) is 14.5 Å². The van der Waals surface area contributed by atoms with Gasteiger partial charge in [-0.25, -0.2) is 14.5 Å². The summed E-state index contributed by atoms with van der Waals surface area (Å²) >= 11 is 1.61. The Labute approximate surface area is 226 Å². The van der Waals surface area contributed by atoms with Gasteiger partial charge in [-0.05, 0) is 56.6 Å². The second kappa shape index (κ2) is 12.1. The molecule has 0 radical (unpaired) electrons. The van der Waals surface area contributed by atoms with Crippen LogP contribution in [0, 0.1) is 0 Å². The number of fused-ring (bicyclic) bond motifs is 1. The third kappa shape index (κ3) is 6.00. The van der Waals surface area contributed by atoms with Crippen molar-refractivity contribution in [3.63, 3.8) is 0 Å². The zero-order valence-electron chi connectivity index (χ0n) is 22.4. The molecule has 38 heavy (non-hydrogen) atoms. The number of nitrogens with zero attached hydrogens (tertiary/aromatic N) is 5. The minimum atomic E-state index is -0.547. The molecule has 0 aliphatic rings. The van der Waals surface area contributed by atoms with Gasteiger partial charge < -0.3 is 16.0 Å². The number of hydrogen-bond donors (Lipinski definition) is 3. The topological polar surface area (TPSA) is 117 Å². The number of carbonyl (C=O) groups is 2. The van der Waals surface area contributed by atoms with Gasteiger partial charge in [0.15, 0.2) is 5.65 Å². The van der Waals surface area contributed by atoms with Gasteiger partial charge in [0, 0.05) is 31.4 Å². The van der Waals surface area contributed by atoms with E-state index in [1.165, 1.54) is 0 Å². The Bertz CT molecular complexity index is 1400. The highest BCUT2D eigenvalue weighted by Crippen LogP contribution is 2.28. The van der Waals surface area contributed by atoms with E-state index in [0.717, 1.165) is 23.7 Å². The fourth-order valence-corrected chi connectivity index (χ4v) is 5.00. The molecule has 0 saturated heterocycles. The van der Waals surface area contributed by atoms with E-state index >= 15 is 0 Å². The minimum absolute atomic E-state index is 0.186. The van der Waals surface area contributed by atoms with E-state index in [4.69, 9.17) is 9.97 Å². The highest BCUT2D eigenvalue weighted by atomic mass is 32.1. The van der Waals surface area contributed by atoms with Crippen LogP contribution in [0.3, 0.4) is 0 Å². The Morgan fingerprint density at radius 3 is 2.58 bits per heavy atom. The van der Waals surface area contributed by atoms with Crippen molar-refractivity contribution < 1.29 is 9.59 Å². The van der Waals surface area contributed by atoms with Gasteiger partial charge in [-0.1, -0.05) is 19.9 Å². The predicted molar refractivity (Wildman–Crippen MR) is 151 cm³/mol. The number of anilines is 1. The van der Waals surface area contributed by atoms with Crippen LogP contribution in [0.15, 0.2) is 48.1 Å². The molecule has 4 aromatic heterocycles. The minimum Gasteiger partial charge on any atom is -0.359 e. The first-order valence-corrected chi connectivity index (χ1v) is 13.6. The zero-order valence-corrected chi connectivity index (χ0v) is 23.2. The molecule has 0 aliphatic heterocycles. The van der Waals surface area contributed by atoms with Crippen molar-refractivity contribution in [3.8, 4) is 21.8 Å². The third-order valence-electron chi connectivity index (χ3n) is 6.50. The number of nitrogens with one attached hydrogen (secondary N) is 3. The summed E-state index contributed by atoms with van der Waals surface area (Å²) in [4.78, 5) is 38.3. The summed E-state index contributed by atoms with van der Waals surface area (Å²) in [5, 5.41) is 15.2. The molecule has 0 aliphatic carbocycles. The van der Waals surface area contributed by atoms with Gasteiger partial charge in [0.05, 0.1) is 28.0 Å². The Hall–Kier alpha value is -3.83. The van der Waals surface area contributed by atoms with Crippen molar-refractivity contribution in [1.82, 2.24) is 35.1 Å². The van der Waals surface area contributed by atoms with Gasteiger partial charge >= 0.3 is 0 Å². The fourth-order valence-electron chi connectivity index (χ4n) is 4.31. The van der Waals surface area contributed by atoms with Gasteiger partial charge in [0.1, 0.15) is 11.9 Å². The molecule has 11 heteroatoms. The maximum absolute atomic E-state index is 13.3. The van der Waals surface area contributed by atoms with Crippen molar-refractivity contribution in [2.45, 2.75) is 39.8 Å². The van der Waals surface area contributed by atoms with Gasteiger partial charge in [-0.2, -0.15) is 5.10 Å². The van der Waals surface area contributed by atoms with Crippen molar-refractivity contribution >= 4 is 34.6 Å². The van der Waals surface area contributed by atoms with Gasteiger partial charge in [0.25, 0.3) is 5.91 Å². The van der Waals surface area contributed by atoms with E-state index < -0.39 is 6.04 Å². The Morgan fingerprint density at radius 2 is 1.89 bits per heavy atom. The Kier molecular flexibility index (Phi) is 8.70. The van der Waals surface area contributed by atoms with Crippen LogP contribution >= 0.6 is 11.3 Å². The predicted octanol–water partition coefficient (Wildman–Crippen LogP) is 3.53. The third-order valence-corrected chi connectivity index (χ3v) is 7.40. The van der Waals surface area contributed by atoms with Crippen LogP contribution in [0.5, 0.6) is 0 Å². The molecule has 3 N–H and O–H groups in total. The maximum atomic E-state index is 13.3. The highest BCUT2D eigenvalue weighted by molar-refractivity contribution is 7.13. The van der Waals surface area contributed by atoms with Gasteiger partial charge in [-0.15, -0.1) is 11.3 Å². The lowest BCUT2D eigenvalue weighted by Crippen LogP contribution is -2.42. The molecule has 4 heterocycles. The first-order chi connectivity index (χ1) is 18.3. The average Bonchev–Trinajstić information content (AvgIpc) is 3.62. The van der Waals surface area contributed by atoms with E-state index in [1.54, 1.807) is 48.2 Å². The van der Waals surface area contributed by atoms with Crippen LogP contribution in [0.1, 0.15) is 38.1 Å². The highest BCUT2D eigenvalue weighted by Gasteiger charge is 2.19. The van der Waals surface area contributed by atoms with Crippen LogP contribution in [0.25, 0.3) is 27.5 Å². The molecule has 2 atom stereocenters. The lowest BCUT2D eigenvalue weighted by Gasteiger charge is -2.26. The summed E-state index contributed by atoms with van der Waals surface area (Å²) in [6, 6.07) is 8.97. The number of rotatable bonds is 11. The Morgan fingerprint density at radius 1 is 1.11 bits per heavy atom. The standard InChI is InChI=1S/C27H34N8O2S/c1-6-34(7-2)17(3)15-29-27(37)19-13-22(32-24(14-19)31-18(4)26(36)28-5)20-16-30-35-11-10-21(33-25(20)35)23-9-8-12-38-23/h8-14,16-18H,6-7,15H2,1-5H3,(H,28,36)(H,29,37)(H,31,32)/t17-,18-/m0/s1. The average molecular weight is 535 g/mol. The number of amides is 2. The number of carbonyl (C=O) groups excluding carboxylic acids is 2. The van der Waals surface area contributed by atoms with E-state index in [9.17, 15) is 9.59 Å². The fraction of sp³-hybridized carbons (Fsp3) is 0.370. The molecule has 0 bridgehead atoms. The normalized spacial score (nSPS) is 12.9. The molecular formula is C27H34N8O2S. The molecule has 0 spiro atoms. The summed E-state index contributed by atoms with van der Waals surface area (Å²) in [6.07, 6.45) is 3.55. The summed E-state index contributed by atoms with van der Waals surface area (Å²) < 4.78 is 1.69. The largest absolute Gasteiger partial charge is 0.359 e. The van der Waals surface area contributed by atoms with Crippen LogP contribution in [-0.4, -0.2) is 75.1 Å². The number of likely N-dealkylation sites (N-methyl/N-ethyl adjacent to an activating group) is 2. The molecule has 0 saturated carbocycles. The molecule has 10 nitrogen and oxygen atoms in total. The maximum Gasteiger partial charge on any atom is 0.251 e. The molecule has 2 amide bonds. The number of thiophene rings is 1. The Balaban J connectivity index is 1.71. The summed E-state index contributed by atoms with van der Waals surface area (Å²) in [5.41, 5.74) is 3.11. The summed E-state index contributed by atoms with van der Waals surface area (Å²) in [5.74, 6) is 0.0100. The number of pyridine rings is 1. The second-order valence-electron chi connectivity index (χ2n) is 9.00. The van der Waals surface area contributed by atoms with Crippen molar-refractivity contribution in [2.24, 2.45) is 0 Å². The monoisotopic (exact) mass is 534 g/mol. The van der Waals surface area contributed by atoms with Crippen LogP contribution < -0.4 is 16.0 Å². The van der Waals surface area contributed by atoms with Crippen LogP contribution in [0.4, 0.5) is 5.82 Å². The molecule has 4 aromatic rings. The lowest BCUT2D eigenvalue weighted by atomic mass is 10.1. The molecular weight excluding hydrogens is 500 g/mol. The van der Waals surface area contributed by atoms with E-state index in [1.807, 2.05) is 29.8 Å². The van der Waals surface area contributed by atoms with Crippen molar-refractivity contribution in [2.75, 3.05) is 32.0 Å². The SMILES string of the molecule is CCN(CC)[C@@H](C)CNC(=O)c1cc(N[C@@H](C)C(=O)NC)nc(-c2cnn3ccc(-c4cccs4)nc23)c1. The number of hydrogen-bond acceptors (Lipinski definition) is 8. The lowest BCUT2D eigenvalue weighted by molar-refractivity contribution is -0.121. The summed E-state index contributed by atoms with van der Waals surface area (Å²) in [6.45, 7) is 10.4. The zero-order chi connectivity index (χ0) is 27.2. The van der Waals surface area contributed by atoms with E-state index in [0.29, 0.717) is 34.8 Å². The van der Waals surface area contributed by atoms with E-state index in [-0.39, 0.29) is 17.9 Å². The summed E-state index contributed by atoms with van der Waals surface area (Å²) in [7, 11) is 1.58. The quantitative estimate of drug-likeness (QED) is 0.270. The van der Waals surface area contributed by atoms with Crippen molar-refractivity contribution in [3.05, 3.63) is 53.7 Å². The first kappa shape index (κ1) is 27.2. The van der Waals surface area contributed by atoms with E-state index in [2.05, 4.69) is 46.7 Å². The first-order valence-electron chi connectivity index (χ1n) is 12.8. The second-order valence-corrected chi connectivity index (χ2v) is 9.95. The molecule has 4 rings (SSSR count). The smallest absolute Gasteiger partial charge is 0.251 e. The van der Waals surface area contributed by atoms with Crippen LogP contribution in [0.2, 0.25) is 0 Å². The van der Waals surface area contributed by atoms with Crippen LogP contribution in [-0.2, 0) is 4.79 Å². The molecule has 0 fully saturated rings.